The predicted octanol–water partition coefficient (Wildman–Crippen LogP) is 0.539. The van der Waals surface area contributed by atoms with Gasteiger partial charge >= 0.3 is 5.97 Å². The number of terminal acetylenes is 1. The summed E-state index contributed by atoms with van der Waals surface area (Å²) in [5.74, 6) is 2.39. The van der Waals surface area contributed by atoms with Gasteiger partial charge in [-0.15, -0.1) is 6.42 Å². The number of benzene rings is 1. The van der Waals surface area contributed by atoms with Gasteiger partial charge in [-0.2, -0.15) is 0 Å². The lowest BCUT2D eigenvalue weighted by Gasteiger charge is -2.09. The molecular formula is C15H17NO5. The fourth-order valence-electron chi connectivity index (χ4n) is 1.55. The van der Waals surface area contributed by atoms with E-state index in [-0.39, 0.29) is 19.6 Å². The molecule has 0 saturated carbocycles. The van der Waals surface area contributed by atoms with Crippen LogP contribution >= 0.6 is 0 Å². The van der Waals surface area contributed by atoms with Crippen LogP contribution in [0.25, 0.3) is 0 Å². The summed E-state index contributed by atoms with van der Waals surface area (Å²) in [5, 5.41) is 2.40. The molecule has 1 N–H and O–H groups in total. The fourth-order valence-corrected chi connectivity index (χ4v) is 1.55. The van der Waals surface area contributed by atoms with Crippen molar-refractivity contribution in [3.63, 3.8) is 0 Å². The summed E-state index contributed by atoms with van der Waals surface area (Å²) in [4.78, 5) is 22.9. The number of amides is 1. The maximum atomic E-state index is 11.6. The molecule has 0 bridgehead atoms. The number of hydrogen-bond donors (Lipinski definition) is 1. The molecule has 21 heavy (non-hydrogen) atoms. The highest BCUT2D eigenvalue weighted by atomic mass is 16.5. The molecule has 0 unspecified atom stereocenters. The van der Waals surface area contributed by atoms with Crippen LogP contribution in [0.4, 0.5) is 0 Å². The van der Waals surface area contributed by atoms with Gasteiger partial charge in [0.1, 0.15) is 0 Å². The summed E-state index contributed by atoms with van der Waals surface area (Å²) in [7, 11) is 3.04. The largest absolute Gasteiger partial charge is 0.493 e. The molecule has 1 amide bonds. The SMILES string of the molecule is C#CCNC(=O)COC(=O)Cc1ccc(OC)c(OC)c1. The number of ether oxygens (including phenoxy) is 3. The van der Waals surface area contributed by atoms with Crippen LogP contribution in [0.5, 0.6) is 11.5 Å². The van der Waals surface area contributed by atoms with Crippen LogP contribution < -0.4 is 14.8 Å². The van der Waals surface area contributed by atoms with Gasteiger partial charge in [0.15, 0.2) is 18.1 Å². The van der Waals surface area contributed by atoms with Gasteiger partial charge in [-0.05, 0) is 17.7 Å². The van der Waals surface area contributed by atoms with E-state index in [4.69, 9.17) is 20.6 Å². The van der Waals surface area contributed by atoms with Gasteiger partial charge in [-0.3, -0.25) is 9.59 Å². The van der Waals surface area contributed by atoms with E-state index in [9.17, 15) is 9.59 Å². The Morgan fingerprint density at radius 1 is 1.24 bits per heavy atom. The zero-order valence-corrected chi connectivity index (χ0v) is 12.0. The predicted molar refractivity (Wildman–Crippen MR) is 76.1 cm³/mol. The summed E-state index contributed by atoms with van der Waals surface area (Å²) in [5.41, 5.74) is 0.696. The zero-order chi connectivity index (χ0) is 15.7. The van der Waals surface area contributed by atoms with E-state index in [0.29, 0.717) is 17.1 Å². The average molecular weight is 291 g/mol. The summed E-state index contributed by atoms with van der Waals surface area (Å²) in [6.45, 7) is -0.250. The van der Waals surface area contributed by atoms with Crippen molar-refractivity contribution in [2.45, 2.75) is 6.42 Å². The van der Waals surface area contributed by atoms with Gasteiger partial charge < -0.3 is 19.5 Å². The van der Waals surface area contributed by atoms with E-state index in [1.165, 1.54) is 14.2 Å². The van der Waals surface area contributed by atoms with Gasteiger partial charge in [0.2, 0.25) is 0 Å². The highest BCUT2D eigenvalue weighted by molar-refractivity contribution is 5.81. The van der Waals surface area contributed by atoms with Crippen molar-refractivity contribution >= 4 is 11.9 Å². The monoisotopic (exact) mass is 291 g/mol. The summed E-state index contributed by atoms with van der Waals surface area (Å²) in [6, 6.07) is 5.10. The molecule has 0 spiro atoms. The van der Waals surface area contributed by atoms with Gasteiger partial charge in [-0.25, -0.2) is 0 Å². The van der Waals surface area contributed by atoms with Crippen LogP contribution in [0, 0.1) is 12.3 Å². The van der Waals surface area contributed by atoms with E-state index in [1.807, 2.05) is 0 Å². The van der Waals surface area contributed by atoms with Crippen LogP contribution in [0.2, 0.25) is 0 Å². The molecule has 6 nitrogen and oxygen atoms in total. The minimum atomic E-state index is -0.516. The van der Waals surface area contributed by atoms with Crippen LogP contribution in [-0.2, 0) is 20.7 Å². The Bertz CT molecular complexity index is 547. The van der Waals surface area contributed by atoms with E-state index >= 15 is 0 Å². The van der Waals surface area contributed by atoms with E-state index in [2.05, 4.69) is 11.2 Å². The Kier molecular flexibility index (Phi) is 6.61. The average Bonchev–Trinajstić information content (AvgIpc) is 2.50. The van der Waals surface area contributed by atoms with Crippen LogP contribution in [0.15, 0.2) is 18.2 Å². The molecule has 0 aliphatic rings. The fraction of sp³-hybridized carbons (Fsp3) is 0.333. The maximum absolute atomic E-state index is 11.6. The highest BCUT2D eigenvalue weighted by Gasteiger charge is 2.10. The molecule has 1 aromatic carbocycles. The topological polar surface area (TPSA) is 73.9 Å². The Morgan fingerprint density at radius 2 is 1.95 bits per heavy atom. The zero-order valence-electron chi connectivity index (χ0n) is 12.0. The standard InChI is InChI=1S/C15H17NO5/c1-4-7-16-14(17)10-21-15(18)9-11-5-6-12(19-2)13(8-11)20-3/h1,5-6,8H,7,9-10H2,2-3H3,(H,16,17). The Labute approximate surface area is 123 Å². The smallest absolute Gasteiger partial charge is 0.310 e. The first-order chi connectivity index (χ1) is 10.1. The minimum absolute atomic E-state index is 0.0305. The molecule has 0 saturated heterocycles. The van der Waals surface area contributed by atoms with Crippen molar-refractivity contribution in [1.29, 1.82) is 0 Å². The third-order valence-electron chi connectivity index (χ3n) is 2.55. The maximum Gasteiger partial charge on any atom is 0.310 e. The minimum Gasteiger partial charge on any atom is -0.493 e. The normalized spacial score (nSPS) is 9.38. The second kappa shape index (κ2) is 8.48. The lowest BCUT2D eigenvalue weighted by atomic mass is 10.1. The van der Waals surface area contributed by atoms with Crippen molar-refractivity contribution in [3.8, 4) is 23.8 Å². The molecule has 112 valence electrons. The third kappa shape index (κ3) is 5.45. The first-order valence-corrected chi connectivity index (χ1v) is 6.17. The van der Waals surface area contributed by atoms with E-state index < -0.39 is 11.9 Å². The number of carbonyl (C=O) groups excluding carboxylic acids is 2. The molecule has 1 aromatic rings. The Hall–Kier alpha value is -2.68. The van der Waals surface area contributed by atoms with E-state index in [0.717, 1.165) is 0 Å². The molecule has 0 radical (unpaired) electrons. The number of methoxy groups -OCH3 is 2. The molecule has 1 rings (SSSR count). The molecule has 6 heteroatoms. The van der Waals surface area contributed by atoms with E-state index in [1.54, 1.807) is 18.2 Å². The first-order valence-electron chi connectivity index (χ1n) is 6.17. The molecule has 0 atom stereocenters. The molecule has 0 aromatic heterocycles. The molecule has 0 fully saturated rings. The number of nitrogens with one attached hydrogen (secondary N) is 1. The molecule has 0 heterocycles. The second-order valence-corrected chi connectivity index (χ2v) is 4.01. The van der Waals surface area contributed by atoms with Crippen LogP contribution in [0.3, 0.4) is 0 Å². The molecule has 0 aliphatic heterocycles. The van der Waals surface area contributed by atoms with Crippen LogP contribution in [0.1, 0.15) is 5.56 Å². The molecular weight excluding hydrogens is 274 g/mol. The number of esters is 1. The van der Waals surface area contributed by atoms with Gasteiger partial charge in [-0.1, -0.05) is 12.0 Å². The van der Waals surface area contributed by atoms with Gasteiger partial charge in [0, 0.05) is 0 Å². The summed E-state index contributed by atoms with van der Waals surface area (Å²) < 4.78 is 15.1. The van der Waals surface area contributed by atoms with Crippen molar-refractivity contribution in [2.75, 3.05) is 27.4 Å². The summed E-state index contributed by atoms with van der Waals surface area (Å²) >= 11 is 0. The Balaban J connectivity index is 2.51. The third-order valence-corrected chi connectivity index (χ3v) is 2.55. The summed E-state index contributed by atoms with van der Waals surface area (Å²) in [6.07, 6.45) is 5.02. The molecule has 0 aliphatic carbocycles. The highest BCUT2D eigenvalue weighted by Crippen LogP contribution is 2.27. The number of rotatable bonds is 7. The van der Waals surface area contributed by atoms with Crippen molar-refractivity contribution in [1.82, 2.24) is 5.32 Å². The number of hydrogen-bond acceptors (Lipinski definition) is 5. The van der Waals surface area contributed by atoms with Gasteiger partial charge in [0.05, 0.1) is 27.2 Å². The van der Waals surface area contributed by atoms with Crippen LogP contribution in [-0.4, -0.2) is 39.2 Å². The second-order valence-electron chi connectivity index (χ2n) is 4.01. The van der Waals surface area contributed by atoms with Crippen molar-refractivity contribution < 1.29 is 23.8 Å². The number of carbonyl (C=O) groups is 2. The lowest BCUT2D eigenvalue weighted by molar-refractivity contribution is -0.147. The first kappa shape index (κ1) is 16.4. The van der Waals surface area contributed by atoms with Crippen molar-refractivity contribution in [2.24, 2.45) is 0 Å². The Morgan fingerprint density at radius 3 is 2.57 bits per heavy atom. The lowest BCUT2D eigenvalue weighted by Crippen LogP contribution is -2.29. The quantitative estimate of drug-likeness (QED) is 0.586. The van der Waals surface area contributed by atoms with Gasteiger partial charge in [0.25, 0.3) is 5.91 Å². The van der Waals surface area contributed by atoms with Crippen molar-refractivity contribution in [3.05, 3.63) is 23.8 Å².